The van der Waals surface area contributed by atoms with Crippen molar-refractivity contribution < 1.29 is 13.2 Å². The molecule has 1 amide bonds. The van der Waals surface area contributed by atoms with E-state index in [1.165, 1.54) is 10.4 Å². The molecule has 0 aromatic heterocycles. The Morgan fingerprint density at radius 2 is 1.71 bits per heavy atom. The maximum absolute atomic E-state index is 13.7. The molecule has 5 nitrogen and oxygen atoms in total. The molecule has 3 aromatic rings. The monoisotopic (exact) mass is 430 g/mol. The van der Waals surface area contributed by atoms with E-state index in [1.54, 1.807) is 24.3 Å². The highest BCUT2D eigenvalue weighted by atomic mass is 32.2. The summed E-state index contributed by atoms with van der Waals surface area (Å²) in [5.41, 5.74) is 3.75. The molecule has 0 bridgehead atoms. The highest BCUT2D eigenvalue weighted by Gasteiger charge is 2.40. The van der Waals surface area contributed by atoms with Crippen molar-refractivity contribution in [2.24, 2.45) is 0 Å². The number of para-hydroxylation sites is 1. The van der Waals surface area contributed by atoms with E-state index >= 15 is 0 Å². The summed E-state index contributed by atoms with van der Waals surface area (Å²) in [6.45, 7) is 5.66. The first-order chi connectivity index (χ1) is 14.9. The number of nitrogens with zero attached hydrogens (tertiary/aromatic N) is 1. The number of amides is 1. The van der Waals surface area contributed by atoms with Gasteiger partial charge in [-0.05, 0) is 36.2 Å². The Balaban J connectivity index is 1.98. The van der Waals surface area contributed by atoms with Crippen molar-refractivity contribution in [2.75, 3.05) is 16.2 Å². The fourth-order valence-corrected chi connectivity index (χ4v) is 5.45. The number of benzene rings is 3. The van der Waals surface area contributed by atoms with Crippen LogP contribution in [0.3, 0.4) is 0 Å². The van der Waals surface area contributed by atoms with Crippen molar-refractivity contribution in [2.45, 2.75) is 6.92 Å². The lowest BCUT2D eigenvalue weighted by atomic mass is 9.95. The summed E-state index contributed by atoms with van der Waals surface area (Å²) in [7, 11) is -4.14. The first-order valence-corrected chi connectivity index (χ1v) is 11.3. The van der Waals surface area contributed by atoms with Crippen LogP contribution in [0.15, 0.2) is 96.4 Å². The minimum atomic E-state index is -4.14. The van der Waals surface area contributed by atoms with Crippen LogP contribution in [-0.2, 0) is 14.8 Å². The summed E-state index contributed by atoms with van der Waals surface area (Å²) in [6.07, 6.45) is 1.51. The van der Waals surface area contributed by atoms with Gasteiger partial charge >= 0.3 is 0 Å². The SMILES string of the molecule is C=CCN1c2ccccc2C(c2ccccc2)=C(C(=O)Nc2cccc(C)c2)S1(=O)=O. The van der Waals surface area contributed by atoms with Crippen LogP contribution >= 0.6 is 0 Å². The predicted molar refractivity (Wildman–Crippen MR) is 125 cm³/mol. The standard InChI is InChI=1S/C25H22N2O3S/c1-3-16-27-22-15-8-7-14-21(22)23(19-11-5-4-6-12-19)24(31(27,29)30)25(28)26-20-13-9-10-18(2)17-20/h3-15,17H,1,16H2,2H3,(H,26,28). The number of fused-ring (bicyclic) bond motifs is 1. The summed E-state index contributed by atoms with van der Waals surface area (Å²) in [5.74, 6) is -0.673. The van der Waals surface area contributed by atoms with E-state index < -0.39 is 15.9 Å². The lowest BCUT2D eigenvalue weighted by molar-refractivity contribution is -0.112. The third-order valence-electron chi connectivity index (χ3n) is 5.06. The molecule has 156 valence electrons. The Morgan fingerprint density at radius 3 is 2.42 bits per heavy atom. The number of anilines is 2. The molecular formula is C25H22N2O3S. The van der Waals surface area contributed by atoms with Crippen molar-refractivity contribution in [1.29, 1.82) is 0 Å². The molecule has 1 aliphatic heterocycles. The number of rotatable bonds is 5. The molecule has 3 aromatic carbocycles. The number of hydrogen-bond acceptors (Lipinski definition) is 3. The molecule has 1 aliphatic rings. The smallest absolute Gasteiger partial charge is 0.270 e. The minimum absolute atomic E-state index is 0.0582. The fraction of sp³-hybridized carbons (Fsp3) is 0.0800. The highest BCUT2D eigenvalue weighted by Crippen LogP contribution is 2.42. The van der Waals surface area contributed by atoms with Gasteiger partial charge in [-0.15, -0.1) is 6.58 Å². The van der Waals surface area contributed by atoms with E-state index in [0.29, 0.717) is 28.1 Å². The van der Waals surface area contributed by atoms with Gasteiger partial charge in [-0.1, -0.05) is 66.7 Å². The molecule has 4 rings (SSSR count). The number of carbonyl (C=O) groups excluding carboxylic acids is 1. The molecule has 0 saturated heterocycles. The quantitative estimate of drug-likeness (QED) is 0.595. The van der Waals surface area contributed by atoms with Crippen molar-refractivity contribution >= 4 is 32.9 Å². The van der Waals surface area contributed by atoms with E-state index in [0.717, 1.165) is 5.56 Å². The van der Waals surface area contributed by atoms with Crippen LogP contribution in [0, 0.1) is 6.92 Å². The van der Waals surface area contributed by atoms with Gasteiger partial charge in [-0.2, -0.15) is 0 Å². The molecule has 0 saturated carbocycles. The highest BCUT2D eigenvalue weighted by molar-refractivity contribution is 7.97. The molecule has 6 heteroatoms. The number of carbonyl (C=O) groups is 1. The van der Waals surface area contributed by atoms with Crippen LogP contribution in [0.2, 0.25) is 0 Å². The number of sulfonamides is 1. The average molecular weight is 431 g/mol. The van der Waals surface area contributed by atoms with Gasteiger partial charge in [0.1, 0.15) is 0 Å². The maximum atomic E-state index is 13.7. The molecule has 0 atom stereocenters. The molecule has 31 heavy (non-hydrogen) atoms. The Morgan fingerprint density at radius 1 is 1.00 bits per heavy atom. The van der Waals surface area contributed by atoms with Gasteiger partial charge in [0.15, 0.2) is 4.91 Å². The van der Waals surface area contributed by atoms with E-state index in [4.69, 9.17) is 0 Å². The van der Waals surface area contributed by atoms with Crippen LogP contribution in [-0.4, -0.2) is 20.9 Å². The average Bonchev–Trinajstić information content (AvgIpc) is 2.75. The van der Waals surface area contributed by atoms with Crippen molar-refractivity contribution in [3.8, 4) is 0 Å². The summed E-state index contributed by atoms with van der Waals surface area (Å²) in [4.78, 5) is 13.2. The first kappa shape index (κ1) is 20.6. The second-order valence-corrected chi connectivity index (χ2v) is 9.03. The lowest BCUT2D eigenvalue weighted by Crippen LogP contribution is -2.39. The van der Waals surface area contributed by atoms with Gasteiger partial charge in [-0.25, -0.2) is 8.42 Å². The summed E-state index contributed by atoms with van der Waals surface area (Å²) < 4.78 is 28.6. The Labute approximate surface area is 182 Å². The predicted octanol–water partition coefficient (Wildman–Crippen LogP) is 4.73. The maximum Gasteiger partial charge on any atom is 0.270 e. The van der Waals surface area contributed by atoms with Crippen molar-refractivity contribution in [3.05, 3.63) is 113 Å². The van der Waals surface area contributed by atoms with Crippen LogP contribution in [0.4, 0.5) is 11.4 Å². The summed E-state index contributed by atoms with van der Waals surface area (Å²) in [5, 5.41) is 2.77. The Hall–Kier alpha value is -3.64. The normalized spacial score (nSPS) is 14.7. The minimum Gasteiger partial charge on any atom is -0.321 e. The molecule has 0 radical (unpaired) electrons. The van der Waals surface area contributed by atoms with Gasteiger partial charge in [0.05, 0.1) is 12.2 Å². The molecule has 0 spiro atoms. The zero-order chi connectivity index (χ0) is 22.0. The van der Waals surface area contributed by atoms with Crippen molar-refractivity contribution in [1.82, 2.24) is 0 Å². The van der Waals surface area contributed by atoms with E-state index in [1.807, 2.05) is 61.5 Å². The Bertz CT molecular complexity index is 1300. The van der Waals surface area contributed by atoms with Gasteiger partial charge in [-0.3, -0.25) is 9.10 Å². The third kappa shape index (κ3) is 3.78. The second kappa shape index (κ2) is 8.24. The summed E-state index contributed by atoms with van der Waals surface area (Å²) in [6, 6.07) is 23.6. The van der Waals surface area contributed by atoms with Gasteiger partial charge < -0.3 is 5.32 Å². The van der Waals surface area contributed by atoms with Crippen LogP contribution < -0.4 is 9.62 Å². The third-order valence-corrected chi connectivity index (χ3v) is 6.89. The topological polar surface area (TPSA) is 66.5 Å². The first-order valence-electron chi connectivity index (χ1n) is 9.84. The van der Waals surface area contributed by atoms with Gasteiger partial charge in [0.25, 0.3) is 15.9 Å². The molecular weight excluding hydrogens is 408 g/mol. The van der Waals surface area contributed by atoms with Crippen LogP contribution in [0.1, 0.15) is 16.7 Å². The van der Waals surface area contributed by atoms with Crippen LogP contribution in [0.25, 0.3) is 5.57 Å². The van der Waals surface area contributed by atoms with E-state index in [9.17, 15) is 13.2 Å². The molecule has 0 fully saturated rings. The van der Waals surface area contributed by atoms with E-state index in [-0.39, 0.29) is 11.4 Å². The van der Waals surface area contributed by atoms with Crippen LogP contribution in [0.5, 0.6) is 0 Å². The molecule has 0 unspecified atom stereocenters. The zero-order valence-corrected chi connectivity index (χ0v) is 17.9. The molecule has 1 heterocycles. The van der Waals surface area contributed by atoms with Gasteiger partial charge in [0, 0.05) is 16.8 Å². The van der Waals surface area contributed by atoms with Crippen molar-refractivity contribution in [3.63, 3.8) is 0 Å². The largest absolute Gasteiger partial charge is 0.321 e. The zero-order valence-electron chi connectivity index (χ0n) is 17.1. The van der Waals surface area contributed by atoms with Gasteiger partial charge in [0.2, 0.25) is 0 Å². The number of aryl methyl sites for hydroxylation is 1. The number of nitrogens with one attached hydrogen (secondary N) is 1. The van der Waals surface area contributed by atoms with E-state index in [2.05, 4.69) is 11.9 Å². The number of hydrogen-bond donors (Lipinski definition) is 1. The fourth-order valence-electron chi connectivity index (χ4n) is 3.74. The lowest BCUT2D eigenvalue weighted by Gasteiger charge is -2.32. The second-order valence-electron chi connectivity index (χ2n) is 7.24. The summed E-state index contributed by atoms with van der Waals surface area (Å²) >= 11 is 0. The molecule has 1 N–H and O–H groups in total. The molecule has 0 aliphatic carbocycles. The Kier molecular flexibility index (Phi) is 5.48.